The van der Waals surface area contributed by atoms with Crippen molar-refractivity contribution in [1.29, 1.82) is 0 Å². The van der Waals surface area contributed by atoms with Crippen LogP contribution in [0.25, 0.3) is 11.0 Å². The van der Waals surface area contributed by atoms with Crippen LogP contribution in [0, 0.1) is 0 Å². The molecule has 86 valence electrons. The first-order valence-electron chi connectivity index (χ1n) is 5.26. The van der Waals surface area contributed by atoms with Gasteiger partial charge in [-0.2, -0.15) is 9.97 Å². The molecule has 0 unspecified atom stereocenters. The van der Waals surface area contributed by atoms with Gasteiger partial charge in [0.2, 0.25) is 5.88 Å². The lowest BCUT2D eigenvalue weighted by Gasteiger charge is -2.03. The van der Waals surface area contributed by atoms with Crippen LogP contribution in [0.1, 0.15) is 18.9 Å². The van der Waals surface area contributed by atoms with Crippen molar-refractivity contribution in [3.63, 3.8) is 0 Å². The van der Waals surface area contributed by atoms with Gasteiger partial charge in [-0.3, -0.25) is 0 Å². The van der Waals surface area contributed by atoms with Crippen LogP contribution in [0.15, 0.2) is 6.20 Å². The molecule has 0 radical (unpaired) electrons. The van der Waals surface area contributed by atoms with Gasteiger partial charge in [-0.15, -0.1) is 0 Å². The fourth-order valence-corrected chi connectivity index (χ4v) is 1.71. The van der Waals surface area contributed by atoms with E-state index in [0.717, 1.165) is 29.4 Å². The van der Waals surface area contributed by atoms with Crippen molar-refractivity contribution in [2.75, 3.05) is 14.2 Å². The molecule has 16 heavy (non-hydrogen) atoms. The number of aryl methyl sites for hydroxylation is 1. The zero-order valence-corrected chi connectivity index (χ0v) is 9.70. The smallest absolute Gasteiger partial charge is 0.320 e. The highest BCUT2D eigenvalue weighted by molar-refractivity contribution is 5.83. The second-order valence-corrected chi connectivity index (χ2v) is 3.51. The Morgan fingerprint density at radius 1 is 1.25 bits per heavy atom. The molecule has 0 spiro atoms. The van der Waals surface area contributed by atoms with Crippen LogP contribution in [0.3, 0.4) is 0 Å². The summed E-state index contributed by atoms with van der Waals surface area (Å²) in [6.45, 7) is 2.13. The first-order valence-corrected chi connectivity index (χ1v) is 5.26. The van der Waals surface area contributed by atoms with Gasteiger partial charge in [-0.1, -0.05) is 13.3 Å². The fraction of sp³-hybridized carbons (Fsp3) is 0.455. The highest BCUT2D eigenvalue weighted by Crippen LogP contribution is 2.26. The number of fused-ring (bicyclic) bond motifs is 1. The van der Waals surface area contributed by atoms with E-state index in [1.54, 1.807) is 14.2 Å². The first-order chi connectivity index (χ1) is 7.80. The number of H-pyrrole nitrogens is 1. The fourth-order valence-electron chi connectivity index (χ4n) is 1.71. The van der Waals surface area contributed by atoms with Crippen LogP contribution in [0.2, 0.25) is 0 Å². The summed E-state index contributed by atoms with van der Waals surface area (Å²) in [6.07, 6.45) is 4.00. The molecule has 5 nitrogen and oxygen atoms in total. The van der Waals surface area contributed by atoms with E-state index < -0.39 is 0 Å². The van der Waals surface area contributed by atoms with Gasteiger partial charge in [0.25, 0.3) is 0 Å². The minimum atomic E-state index is 0.335. The SMILES string of the molecule is CCCc1c[nH]c2c(OC)nc(OC)nc12. The molecule has 0 saturated carbocycles. The van der Waals surface area contributed by atoms with Crippen molar-refractivity contribution < 1.29 is 9.47 Å². The molecule has 2 aromatic heterocycles. The van der Waals surface area contributed by atoms with Crippen molar-refractivity contribution in [3.05, 3.63) is 11.8 Å². The van der Waals surface area contributed by atoms with E-state index in [2.05, 4.69) is 21.9 Å². The van der Waals surface area contributed by atoms with Gasteiger partial charge in [0.15, 0.2) is 0 Å². The average Bonchev–Trinajstić information content (AvgIpc) is 2.72. The molecule has 0 fully saturated rings. The molecular formula is C11H15N3O2. The summed E-state index contributed by atoms with van der Waals surface area (Å²) in [5, 5.41) is 0. The van der Waals surface area contributed by atoms with Crippen LogP contribution in [-0.2, 0) is 6.42 Å². The van der Waals surface area contributed by atoms with Crippen LogP contribution >= 0.6 is 0 Å². The van der Waals surface area contributed by atoms with E-state index in [9.17, 15) is 0 Å². The second-order valence-electron chi connectivity index (χ2n) is 3.51. The molecule has 0 bridgehead atoms. The maximum atomic E-state index is 5.20. The Morgan fingerprint density at radius 3 is 2.69 bits per heavy atom. The van der Waals surface area contributed by atoms with Gasteiger partial charge in [0.1, 0.15) is 11.0 Å². The molecule has 0 aliphatic carbocycles. The Labute approximate surface area is 93.8 Å². The summed E-state index contributed by atoms with van der Waals surface area (Å²) in [5.41, 5.74) is 2.87. The van der Waals surface area contributed by atoms with Crippen molar-refractivity contribution >= 4 is 11.0 Å². The van der Waals surface area contributed by atoms with Gasteiger partial charge in [0.05, 0.1) is 14.2 Å². The highest BCUT2D eigenvalue weighted by Gasteiger charge is 2.13. The minimum Gasteiger partial charge on any atom is -0.479 e. The number of hydrogen-bond donors (Lipinski definition) is 1. The van der Waals surface area contributed by atoms with E-state index in [4.69, 9.17) is 9.47 Å². The van der Waals surface area contributed by atoms with Crippen LogP contribution in [-0.4, -0.2) is 29.2 Å². The molecule has 5 heteroatoms. The average molecular weight is 221 g/mol. The predicted octanol–water partition coefficient (Wildman–Crippen LogP) is 1.93. The largest absolute Gasteiger partial charge is 0.479 e. The molecule has 0 aliphatic heterocycles. The van der Waals surface area contributed by atoms with E-state index in [1.165, 1.54) is 0 Å². The molecule has 2 aromatic rings. The lowest BCUT2D eigenvalue weighted by Crippen LogP contribution is -1.97. The number of ether oxygens (including phenoxy) is 2. The van der Waals surface area contributed by atoms with E-state index in [1.807, 2.05) is 6.20 Å². The number of nitrogens with one attached hydrogen (secondary N) is 1. The third kappa shape index (κ3) is 1.68. The third-order valence-corrected chi connectivity index (χ3v) is 2.45. The Morgan fingerprint density at radius 2 is 2.06 bits per heavy atom. The number of methoxy groups -OCH3 is 2. The van der Waals surface area contributed by atoms with Gasteiger partial charge >= 0.3 is 6.01 Å². The summed E-state index contributed by atoms with van der Waals surface area (Å²) in [7, 11) is 3.13. The second kappa shape index (κ2) is 4.38. The molecule has 2 heterocycles. The summed E-state index contributed by atoms with van der Waals surface area (Å²) >= 11 is 0. The summed E-state index contributed by atoms with van der Waals surface area (Å²) in [5.74, 6) is 0.518. The third-order valence-electron chi connectivity index (χ3n) is 2.45. The molecule has 0 atom stereocenters. The number of hydrogen-bond acceptors (Lipinski definition) is 4. The highest BCUT2D eigenvalue weighted by atomic mass is 16.5. The van der Waals surface area contributed by atoms with Gasteiger partial charge < -0.3 is 14.5 Å². The van der Waals surface area contributed by atoms with Crippen molar-refractivity contribution in [2.45, 2.75) is 19.8 Å². The zero-order chi connectivity index (χ0) is 11.5. The summed E-state index contributed by atoms with van der Waals surface area (Å²) < 4.78 is 10.3. The Balaban J connectivity index is 2.62. The minimum absolute atomic E-state index is 0.335. The number of aromatic amines is 1. The monoisotopic (exact) mass is 221 g/mol. The zero-order valence-electron chi connectivity index (χ0n) is 9.70. The molecule has 2 rings (SSSR count). The van der Waals surface area contributed by atoms with E-state index in [-0.39, 0.29) is 0 Å². The molecule has 0 saturated heterocycles. The molecule has 0 amide bonds. The quantitative estimate of drug-likeness (QED) is 0.857. The molecular weight excluding hydrogens is 206 g/mol. The van der Waals surface area contributed by atoms with Crippen molar-refractivity contribution in [2.24, 2.45) is 0 Å². The van der Waals surface area contributed by atoms with Crippen molar-refractivity contribution in [1.82, 2.24) is 15.0 Å². The van der Waals surface area contributed by atoms with Crippen LogP contribution < -0.4 is 9.47 Å². The van der Waals surface area contributed by atoms with Crippen LogP contribution in [0.4, 0.5) is 0 Å². The van der Waals surface area contributed by atoms with Gasteiger partial charge in [0, 0.05) is 6.20 Å². The summed E-state index contributed by atoms with van der Waals surface area (Å²) in [6, 6.07) is 0.335. The topological polar surface area (TPSA) is 60.0 Å². The Hall–Kier alpha value is -1.78. The van der Waals surface area contributed by atoms with E-state index >= 15 is 0 Å². The van der Waals surface area contributed by atoms with Crippen molar-refractivity contribution in [3.8, 4) is 11.9 Å². The molecule has 1 N–H and O–H groups in total. The Kier molecular flexibility index (Phi) is 2.94. The Bertz CT molecular complexity index is 493. The normalized spacial score (nSPS) is 10.7. The molecule has 0 aliphatic rings. The number of aromatic nitrogens is 3. The number of rotatable bonds is 4. The lowest BCUT2D eigenvalue weighted by molar-refractivity contribution is 0.356. The maximum absolute atomic E-state index is 5.20. The molecule has 0 aromatic carbocycles. The maximum Gasteiger partial charge on any atom is 0.320 e. The summed E-state index contributed by atoms with van der Waals surface area (Å²) in [4.78, 5) is 11.6. The predicted molar refractivity (Wildman–Crippen MR) is 61.0 cm³/mol. The number of nitrogens with zero attached hydrogens (tertiary/aromatic N) is 2. The van der Waals surface area contributed by atoms with Gasteiger partial charge in [-0.05, 0) is 12.0 Å². The lowest BCUT2D eigenvalue weighted by atomic mass is 10.2. The van der Waals surface area contributed by atoms with Crippen LogP contribution in [0.5, 0.6) is 11.9 Å². The standard InChI is InChI=1S/C11H15N3O2/c1-4-5-7-6-12-9-8(7)13-11(16-3)14-10(9)15-2/h6,12H,4-5H2,1-3H3. The first kappa shape index (κ1) is 10.7. The van der Waals surface area contributed by atoms with Gasteiger partial charge in [-0.25, -0.2) is 0 Å². The van der Waals surface area contributed by atoms with E-state index in [0.29, 0.717) is 11.9 Å².